The van der Waals surface area contributed by atoms with Crippen LogP contribution in [-0.2, 0) is 11.3 Å². The first kappa shape index (κ1) is 21.3. The number of morpholine rings is 1. The molecule has 1 aliphatic rings. The molecule has 0 spiro atoms. The highest BCUT2D eigenvalue weighted by molar-refractivity contribution is 6.04. The third-order valence-electron chi connectivity index (χ3n) is 5.93. The molecule has 3 aromatic heterocycles. The minimum absolute atomic E-state index is 0.200. The fourth-order valence-corrected chi connectivity index (χ4v) is 4.16. The van der Waals surface area contributed by atoms with Crippen LogP contribution in [0.25, 0.3) is 16.9 Å². The van der Waals surface area contributed by atoms with Gasteiger partial charge in [0, 0.05) is 49.5 Å². The van der Waals surface area contributed by atoms with Gasteiger partial charge in [-0.1, -0.05) is 24.3 Å². The van der Waals surface area contributed by atoms with Crippen LogP contribution >= 0.6 is 0 Å². The van der Waals surface area contributed by atoms with Crippen molar-refractivity contribution in [2.75, 3.05) is 31.6 Å². The number of fused-ring (bicyclic) bond motifs is 1. The molecule has 5 rings (SSSR count). The van der Waals surface area contributed by atoms with Crippen molar-refractivity contribution in [2.45, 2.75) is 20.4 Å². The van der Waals surface area contributed by atoms with Crippen molar-refractivity contribution in [3.8, 4) is 11.3 Å². The van der Waals surface area contributed by atoms with E-state index in [-0.39, 0.29) is 5.91 Å². The highest BCUT2D eigenvalue weighted by atomic mass is 16.5. The number of hydrogen-bond donors (Lipinski definition) is 1. The second kappa shape index (κ2) is 9.13. The first-order chi connectivity index (χ1) is 16.1. The Labute approximate surface area is 193 Å². The summed E-state index contributed by atoms with van der Waals surface area (Å²) in [6.07, 6.45) is 5.76. The molecule has 1 aromatic carbocycles. The smallest absolute Gasteiger partial charge is 0.274 e. The number of rotatable bonds is 5. The molecule has 7 nitrogen and oxygen atoms in total. The van der Waals surface area contributed by atoms with Gasteiger partial charge in [-0.3, -0.25) is 14.7 Å². The van der Waals surface area contributed by atoms with Gasteiger partial charge in [-0.15, -0.1) is 0 Å². The molecule has 1 amide bonds. The number of pyridine rings is 2. The van der Waals surface area contributed by atoms with Crippen molar-refractivity contribution < 1.29 is 9.53 Å². The van der Waals surface area contributed by atoms with Crippen LogP contribution in [0.1, 0.15) is 27.2 Å². The van der Waals surface area contributed by atoms with E-state index in [1.807, 2.05) is 60.1 Å². The number of aryl methyl sites for hydroxylation is 2. The predicted octanol–water partition coefficient (Wildman–Crippen LogP) is 4.10. The Balaban J connectivity index is 1.33. The summed E-state index contributed by atoms with van der Waals surface area (Å²) in [6.45, 7) is 7.90. The van der Waals surface area contributed by atoms with Gasteiger partial charge in [0.25, 0.3) is 5.91 Å². The molecule has 4 heterocycles. The summed E-state index contributed by atoms with van der Waals surface area (Å²) >= 11 is 0. The van der Waals surface area contributed by atoms with E-state index in [1.54, 1.807) is 6.20 Å². The molecule has 0 atom stereocenters. The molecule has 1 fully saturated rings. The molecular formula is C26H27N5O2. The molecule has 0 bridgehead atoms. The van der Waals surface area contributed by atoms with Crippen LogP contribution < -0.4 is 5.32 Å². The second-order valence-electron chi connectivity index (χ2n) is 8.49. The Morgan fingerprint density at radius 3 is 2.67 bits per heavy atom. The van der Waals surface area contributed by atoms with Gasteiger partial charge in [0.15, 0.2) is 0 Å². The number of imidazole rings is 1. The summed E-state index contributed by atoms with van der Waals surface area (Å²) in [7, 11) is 0. The maximum Gasteiger partial charge on any atom is 0.274 e. The number of ether oxygens (including phenoxy) is 1. The lowest BCUT2D eigenvalue weighted by molar-refractivity contribution is 0.0340. The van der Waals surface area contributed by atoms with Gasteiger partial charge >= 0.3 is 0 Å². The summed E-state index contributed by atoms with van der Waals surface area (Å²) in [5, 5.41) is 3.00. The zero-order valence-corrected chi connectivity index (χ0v) is 18.9. The van der Waals surface area contributed by atoms with Crippen LogP contribution in [-0.4, -0.2) is 51.5 Å². The number of nitrogens with zero attached hydrogens (tertiary/aromatic N) is 4. The maximum absolute atomic E-state index is 13.1. The molecule has 0 radical (unpaired) electrons. The van der Waals surface area contributed by atoms with Crippen LogP contribution in [0.15, 0.2) is 61.1 Å². The van der Waals surface area contributed by atoms with E-state index in [0.717, 1.165) is 65.6 Å². The fourth-order valence-electron chi connectivity index (χ4n) is 4.16. The molecule has 7 heteroatoms. The molecule has 0 aliphatic carbocycles. The second-order valence-corrected chi connectivity index (χ2v) is 8.49. The third kappa shape index (κ3) is 4.65. The average Bonchev–Trinajstić information content (AvgIpc) is 3.26. The summed E-state index contributed by atoms with van der Waals surface area (Å²) in [6, 6.07) is 13.9. The standard InChI is InChI=1S/C26H27N5O2/c1-18-14-21(16-30-10-12-33-13-11-30)24(27-15-18)26(32)28-22-7-5-20(6-8-22)23-17-31-9-3-4-19(2)25(31)29-23/h3-9,14-15,17H,10-13,16H2,1-2H3,(H,28,32). The quantitative estimate of drug-likeness (QED) is 0.505. The van der Waals surface area contributed by atoms with E-state index in [1.165, 1.54) is 0 Å². The average molecular weight is 442 g/mol. The molecule has 1 saturated heterocycles. The van der Waals surface area contributed by atoms with Crippen LogP contribution in [0.2, 0.25) is 0 Å². The van der Waals surface area contributed by atoms with Gasteiger partial charge in [0.1, 0.15) is 11.3 Å². The zero-order chi connectivity index (χ0) is 22.8. The van der Waals surface area contributed by atoms with Gasteiger partial charge in [0.2, 0.25) is 0 Å². The topological polar surface area (TPSA) is 71.8 Å². The van der Waals surface area contributed by atoms with E-state index in [2.05, 4.69) is 28.2 Å². The lowest BCUT2D eigenvalue weighted by Gasteiger charge is -2.27. The van der Waals surface area contributed by atoms with Gasteiger partial charge in [0.05, 0.1) is 18.9 Å². The van der Waals surface area contributed by atoms with Crippen molar-refractivity contribution in [2.24, 2.45) is 0 Å². The Kier molecular flexibility index (Phi) is 5.90. The van der Waals surface area contributed by atoms with E-state index in [0.29, 0.717) is 12.2 Å². The number of carbonyl (C=O) groups excluding carboxylic acids is 1. The zero-order valence-electron chi connectivity index (χ0n) is 18.9. The molecular weight excluding hydrogens is 414 g/mol. The highest BCUT2D eigenvalue weighted by Crippen LogP contribution is 2.23. The molecule has 1 N–H and O–H groups in total. The van der Waals surface area contributed by atoms with Crippen molar-refractivity contribution in [1.29, 1.82) is 0 Å². The first-order valence-electron chi connectivity index (χ1n) is 11.2. The van der Waals surface area contributed by atoms with E-state index >= 15 is 0 Å². The Morgan fingerprint density at radius 2 is 1.91 bits per heavy atom. The van der Waals surface area contributed by atoms with Crippen molar-refractivity contribution >= 4 is 17.2 Å². The molecule has 1 aliphatic heterocycles. The van der Waals surface area contributed by atoms with Crippen LogP contribution in [0.4, 0.5) is 5.69 Å². The number of amides is 1. The Morgan fingerprint density at radius 1 is 1.12 bits per heavy atom. The SMILES string of the molecule is Cc1cnc(C(=O)Nc2ccc(-c3cn4cccc(C)c4n3)cc2)c(CN2CCOCC2)c1. The largest absolute Gasteiger partial charge is 0.379 e. The number of aromatic nitrogens is 3. The van der Waals surface area contributed by atoms with Gasteiger partial charge in [-0.05, 0) is 48.7 Å². The lowest BCUT2D eigenvalue weighted by Crippen LogP contribution is -2.36. The summed E-state index contributed by atoms with van der Waals surface area (Å²) < 4.78 is 7.47. The summed E-state index contributed by atoms with van der Waals surface area (Å²) in [5.41, 5.74) is 7.14. The number of hydrogen-bond acceptors (Lipinski definition) is 5. The summed E-state index contributed by atoms with van der Waals surface area (Å²) in [4.78, 5) is 24.6. The Hall–Kier alpha value is -3.55. The molecule has 4 aromatic rings. The van der Waals surface area contributed by atoms with Crippen LogP contribution in [0.3, 0.4) is 0 Å². The predicted molar refractivity (Wildman–Crippen MR) is 128 cm³/mol. The van der Waals surface area contributed by atoms with Gasteiger partial charge in [-0.2, -0.15) is 0 Å². The monoisotopic (exact) mass is 441 g/mol. The number of nitrogens with one attached hydrogen (secondary N) is 1. The fraction of sp³-hybridized carbons (Fsp3) is 0.269. The van der Waals surface area contributed by atoms with Crippen molar-refractivity contribution in [1.82, 2.24) is 19.3 Å². The highest BCUT2D eigenvalue weighted by Gasteiger charge is 2.18. The van der Waals surface area contributed by atoms with E-state index in [9.17, 15) is 4.79 Å². The van der Waals surface area contributed by atoms with E-state index in [4.69, 9.17) is 9.72 Å². The summed E-state index contributed by atoms with van der Waals surface area (Å²) in [5.74, 6) is -0.200. The van der Waals surface area contributed by atoms with Crippen LogP contribution in [0.5, 0.6) is 0 Å². The lowest BCUT2D eigenvalue weighted by atomic mass is 10.1. The third-order valence-corrected chi connectivity index (χ3v) is 5.93. The molecule has 0 unspecified atom stereocenters. The van der Waals surface area contributed by atoms with Crippen LogP contribution in [0, 0.1) is 13.8 Å². The minimum atomic E-state index is -0.200. The Bertz CT molecular complexity index is 1290. The molecule has 0 saturated carbocycles. The molecule has 33 heavy (non-hydrogen) atoms. The van der Waals surface area contributed by atoms with Gasteiger partial charge < -0.3 is 14.5 Å². The number of benzene rings is 1. The number of carbonyl (C=O) groups is 1. The minimum Gasteiger partial charge on any atom is -0.379 e. The normalized spacial score (nSPS) is 14.5. The van der Waals surface area contributed by atoms with E-state index < -0.39 is 0 Å². The first-order valence-corrected chi connectivity index (χ1v) is 11.2. The maximum atomic E-state index is 13.1. The number of anilines is 1. The van der Waals surface area contributed by atoms with Crippen molar-refractivity contribution in [3.05, 3.63) is 83.4 Å². The van der Waals surface area contributed by atoms with Crippen molar-refractivity contribution in [3.63, 3.8) is 0 Å². The van der Waals surface area contributed by atoms with Gasteiger partial charge in [-0.25, -0.2) is 4.98 Å². The molecule has 168 valence electrons.